The Morgan fingerprint density at radius 3 is 2.62 bits per heavy atom. The largest absolute Gasteiger partial charge is 0.433 e. The Kier molecular flexibility index (Phi) is 7.37. The lowest BCUT2D eigenvalue weighted by Crippen LogP contribution is -2.52. The van der Waals surface area contributed by atoms with Gasteiger partial charge in [0.2, 0.25) is 0 Å². The van der Waals surface area contributed by atoms with Crippen LogP contribution >= 0.6 is 0 Å². The number of carbonyl (C=O) groups is 1. The number of piperidine rings is 1. The highest BCUT2D eigenvalue weighted by Crippen LogP contribution is 2.26. The summed E-state index contributed by atoms with van der Waals surface area (Å²) < 4.78 is 29.5. The van der Waals surface area contributed by atoms with Gasteiger partial charge in [-0.25, -0.2) is 4.79 Å². The molecule has 0 aromatic heterocycles. The molecule has 2 amide bonds. The highest BCUT2D eigenvalue weighted by atomic mass is 19.3. The zero-order valence-electron chi connectivity index (χ0n) is 15.9. The van der Waals surface area contributed by atoms with Gasteiger partial charge < -0.3 is 20.5 Å². The van der Waals surface area contributed by atoms with Crippen molar-refractivity contribution < 1.29 is 23.4 Å². The minimum Gasteiger partial charge on any atom is -0.433 e. The van der Waals surface area contributed by atoms with Crippen LogP contribution < -0.4 is 15.4 Å². The highest BCUT2D eigenvalue weighted by Gasteiger charge is 2.30. The molecule has 1 aliphatic rings. The van der Waals surface area contributed by atoms with Gasteiger partial charge in [0.05, 0.1) is 5.69 Å². The SMILES string of the molecule is O=C(Nc1ccccc1OC(F)F)N[C@@H]1CCN(Cc2ccccc2)C[C@@H]1CO. The van der Waals surface area contributed by atoms with Crippen LogP contribution in [0.4, 0.5) is 19.3 Å². The van der Waals surface area contributed by atoms with Gasteiger partial charge in [0.15, 0.2) is 0 Å². The van der Waals surface area contributed by atoms with Crippen molar-refractivity contribution in [2.24, 2.45) is 5.92 Å². The van der Waals surface area contributed by atoms with Crippen molar-refractivity contribution in [1.82, 2.24) is 10.2 Å². The molecule has 6 nitrogen and oxygen atoms in total. The van der Waals surface area contributed by atoms with E-state index in [0.29, 0.717) is 13.0 Å². The summed E-state index contributed by atoms with van der Waals surface area (Å²) in [5, 5.41) is 15.2. The van der Waals surface area contributed by atoms with Crippen molar-refractivity contribution in [1.29, 1.82) is 0 Å². The molecule has 3 rings (SSSR count). The number of nitrogens with one attached hydrogen (secondary N) is 2. The van der Waals surface area contributed by atoms with Crippen LogP contribution in [-0.2, 0) is 6.54 Å². The first-order valence-electron chi connectivity index (χ1n) is 9.53. The van der Waals surface area contributed by atoms with Gasteiger partial charge in [-0.15, -0.1) is 0 Å². The third kappa shape index (κ3) is 6.13. The van der Waals surface area contributed by atoms with Gasteiger partial charge in [0.25, 0.3) is 0 Å². The first kappa shape index (κ1) is 21.0. The predicted molar refractivity (Wildman–Crippen MR) is 106 cm³/mol. The van der Waals surface area contributed by atoms with Gasteiger partial charge in [-0.05, 0) is 24.1 Å². The molecule has 2 aromatic carbocycles. The summed E-state index contributed by atoms with van der Waals surface area (Å²) >= 11 is 0. The van der Waals surface area contributed by atoms with Crippen molar-refractivity contribution in [3.63, 3.8) is 0 Å². The van der Waals surface area contributed by atoms with Crippen molar-refractivity contribution in [3.8, 4) is 5.75 Å². The summed E-state index contributed by atoms with van der Waals surface area (Å²) in [5.41, 5.74) is 1.36. The Labute approximate surface area is 168 Å². The lowest BCUT2D eigenvalue weighted by Gasteiger charge is -2.38. The van der Waals surface area contributed by atoms with Crippen molar-refractivity contribution in [3.05, 3.63) is 60.2 Å². The number of aliphatic hydroxyl groups is 1. The third-order valence-corrected chi connectivity index (χ3v) is 4.97. The molecule has 0 unspecified atom stereocenters. The van der Waals surface area contributed by atoms with Crippen LogP contribution in [0.1, 0.15) is 12.0 Å². The molecule has 0 saturated carbocycles. The number of halogens is 2. The van der Waals surface area contributed by atoms with Crippen LogP contribution in [0.2, 0.25) is 0 Å². The van der Waals surface area contributed by atoms with E-state index in [0.717, 1.165) is 13.1 Å². The number of ether oxygens (including phenoxy) is 1. The summed E-state index contributed by atoms with van der Waals surface area (Å²) in [6.07, 6.45) is 0.681. The first-order chi connectivity index (χ1) is 14.0. The number of para-hydroxylation sites is 2. The summed E-state index contributed by atoms with van der Waals surface area (Å²) in [5.74, 6) is -0.222. The number of hydrogen-bond donors (Lipinski definition) is 3. The topological polar surface area (TPSA) is 73.8 Å². The number of rotatable bonds is 7. The van der Waals surface area contributed by atoms with E-state index in [1.165, 1.54) is 17.7 Å². The van der Waals surface area contributed by atoms with Crippen molar-refractivity contribution >= 4 is 11.7 Å². The van der Waals surface area contributed by atoms with Crippen LogP contribution in [0.5, 0.6) is 5.75 Å². The second-order valence-electron chi connectivity index (χ2n) is 7.03. The number of aliphatic hydroxyl groups excluding tert-OH is 1. The maximum Gasteiger partial charge on any atom is 0.387 e. The van der Waals surface area contributed by atoms with Gasteiger partial charge in [-0.2, -0.15) is 8.78 Å². The number of urea groups is 1. The molecule has 0 radical (unpaired) electrons. The Morgan fingerprint density at radius 1 is 1.17 bits per heavy atom. The number of likely N-dealkylation sites (tertiary alicyclic amines) is 1. The third-order valence-electron chi connectivity index (χ3n) is 4.97. The van der Waals surface area contributed by atoms with Gasteiger partial charge in [0, 0.05) is 38.2 Å². The molecule has 1 saturated heterocycles. The van der Waals surface area contributed by atoms with Crippen LogP contribution in [0.25, 0.3) is 0 Å². The zero-order valence-corrected chi connectivity index (χ0v) is 15.9. The maximum absolute atomic E-state index is 12.5. The van der Waals surface area contributed by atoms with E-state index in [4.69, 9.17) is 0 Å². The Bertz CT molecular complexity index is 792. The van der Waals surface area contributed by atoms with E-state index in [2.05, 4.69) is 32.4 Å². The number of benzene rings is 2. The lowest BCUT2D eigenvalue weighted by atomic mass is 9.92. The van der Waals surface area contributed by atoms with Crippen LogP contribution in [0.3, 0.4) is 0 Å². The molecule has 2 aromatic rings. The second kappa shape index (κ2) is 10.2. The standard InChI is InChI=1S/C21H25F2N3O3/c22-20(23)29-19-9-5-4-8-18(19)25-21(28)24-17-10-11-26(13-16(17)14-27)12-15-6-2-1-3-7-15/h1-9,16-17,20,27H,10-14H2,(H2,24,25,28)/t16-,17-/m1/s1. The van der Waals surface area contributed by atoms with Crippen LogP contribution in [0, 0.1) is 5.92 Å². The molecule has 1 heterocycles. The number of carbonyl (C=O) groups excluding carboxylic acids is 1. The number of alkyl halides is 2. The van der Waals surface area contributed by atoms with E-state index in [9.17, 15) is 18.7 Å². The molecule has 1 aliphatic heterocycles. The second-order valence-corrected chi connectivity index (χ2v) is 7.03. The minimum atomic E-state index is -2.98. The average molecular weight is 405 g/mol. The molecule has 1 fully saturated rings. The molecule has 0 spiro atoms. The summed E-state index contributed by atoms with van der Waals surface area (Å²) in [6.45, 7) is -0.813. The Morgan fingerprint density at radius 2 is 1.90 bits per heavy atom. The van der Waals surface area contributed by atoms with E-state index < -0.39 is 12.6 Å². The fourth-order valence-electron chi connectivity index (χ4n) is 3.56. The number of nitrogens with zero attached hydrogens (tertiary/aromatic N) is 1. The molecule has 156 valence electrons. The number of hydrogen-bond acceptors (Lipinski definition) is 4. The van der Waals surface area contributed by atoms with Crippen LogP contribution in [-0.4, -0.2) is 48.4 Å². The Balaban J connectivity index is 1.55. The van der Waals surface area contributed by atoms with Crippen molar-refractivity contribution in [2.75, 3.05) is 25.0 Å². The molecule has 0 bridgehead atoms. The van der Waals surface area contributed by atoms with Gasteiger partial charge >= 0.3 is 12.6 Å². The number of amides is 2. The highest BCUT2D eigenvalue weighted by molar-refractivity contribution is 5.91. The fraction of sp³-hybridized carbons (Fsp3) is 0.381. The zero-order chi connectivity index (χ0) is 20.6. The first-order valence-corrected chi connectivity index (χ1v) is 9.53. The fourth-order valence-corrected chi connectivity index (χ4v) is 3.56. The molecule has 29 heavy (non-hydrogen) atoms. The van der Waals surface area contributed by atoms with Crippen LogP contribution in [0.15, 0.2) is 54.6 Å². The van der Waals surface area contributed by atoms with E-state index >= 15 is 0 Å². The van der Waals surface area contributed by atoms with Gasteiger partial charge in [0.1, 0.15) is 5.75 Å². The molecule has 8 heteroatoms. The molecule has 3 N–H and O–H groups in total. The van der Waals surface area contributed by atoms with Gasteiger partial charge in [-0.3, -0.25) is 4.90 Å². The maximum atomic E-state index is 12.5. The molecule has 0 aliphatic carbocycles. The molecular formula is C21H25F2N3O3. The smallest absolute Gasteiger partial charge is 0.387 e. The van der Waals surface area contributed by atoms with E-state index in [1.807, 2.05) is 18.2 Å². The number of anilines is 1. The monoisotopic (exact) mass is 405 g/mol. The normalized spacial score (nSPS) is 19.7. The summed E-state index contributed by atoms with van der Waals surface area (Å²) in [7, 11) is 0. The quantitative estimate of drug-likeness (QED) is 0.661. The Hall–Kier alpha value is -2.71. The lowest BCUT2D eigenvalue weighted by molar-refractivity contribution is -0.0493. The van der Waals surface area contributed by atoms with E-state index in [1.54, 1.807) is 12.1 Å². The minimum absolute atomic E-state index is 0.0542. The molecular weight excluding hydrogens is 380 g/mol. The average Bonchev–Trinajstić information content (AvgIpc) is 2.71. The summed E-state index contributed by atoms with van der Waals surface area (Å²) in [4.78, 5) is 14.6. The van der Waals surface area contributed by atoms with Crippen molar-refractivity contribution in [2.45, 2.75) is 25.6 Å². The molecule has 2 atom stereocenters. The summed E-state index contributed by atoms with van der Waals surface area (Å²) in [6, 6.07) is 15.4. The predicted octanol–water partition coefficient (Wildman–Crippen LogP) is 3.29. The van der Waals surface area contributed by atoms with Gasteiger partial charge in [-0.1, -0.05) is 42.5 Å². The van der Waals surface area contributed by atoms with E-state index in [-0.39, 0.29) is 30.0 Å².